The Balaban J connectivity index is 2.38. The van der Waals surface area contributed by atoms with Crippen LogP contribution in [0.15, 0.2) is 24.3 Å². The van der Waals surface area contributed by atoms with Gasteiger partial charge in [-0.05, 0) is 37.8 Å². The predicted octanol–water partition coefficient (Wildman–Crippen LogP) is 2.25. The number of amides is 1. The average molecular weight is 278 g/mol. The summed E-state index contributed by atoms with van der Waals surface area (Å²) in [7, 11) is 0. The molecule has 1 aromatic carbocycles. The third-order valence-corrected chi connectivity index (χ3v) is 3.05. The topological polar surface area (TPSA) is 64.3 Å². The van der Waals surface area contributed by atoms with Crippen molar-refractivity contribution in [3.8, 4) is 5.75 Å². The van der Waals surface area contributed by atoms with Crippen LogP contribution < -0.4 is 15.8 Å². The monoisotopic (exact) mass is 278 g/mol. The molecule has 3 N–H and O–H groups in total. The number of ether oxygens (including phenoxy) is 1. The van der Waals surface area contributed by atoms with Crippen LogP contribution in [0.1, 0.15) is 32.8 Å². The molecule has 4 heteroatoms. The van der Waals surface area contributed by atoms with E-state index in [1.807, 2.05) is 38.1 Å². The molecule has 2 atom stereocenters. The Kier molecular flexibility index (Phi) is 6.52. The Morgan fingerprint density at radius 3 is 2.55 bits per heavy atom. The number of rotatable bonds is 7. The first-order chi connectivity index (χ1) is 9.40. The highest BCUT2D eigenvalue weighted by Crippen LogP contribution is 2.17. The van der Waals surface area contributed by atoms with E-state index in [9.17, 15) is 4.79 Å². The predicted molar refractivity (Wildman–Crippen MR) is 81.7 cm³/mol. The van der Waals surface area contributed by atoms with Crippen molar-refractivity contribution in [2.45, 2.75) is 46.3 Å². The van der Waals surface area contributed by atoms with E-state index in [0.29, 0.717) is 18.9 Å². The molecule has 4 nitrogen and oxygen atoms in total. The first-order valence-corrected chi connectivity index (χ1v) is 7.15. The van der Waals surface area contributed by atoms with Crippen molar-refractivity contribution in [2.24, 2.45) is 11.7 Å². The number of hydrogen-bond donors (Lipinski definition) is 2. The number of aryl methyl sites for hydroxylation is 1. The highest BCUT2D eigenvalue weighted by atomic mass is 16.5. The van der Waals surface area contributed by atoms with Crippen LogP contribution in [0.4, 0.5) is 0 Å². The maximum absolute atomic E-state index is 11.8. The highest BCUT2D eigenvalue weighted by Gasteiger charge is 2.16. The van der Waals surface area contributed by atoms with Crippen molar-refractivity contribution >= 4 is 5.91 Å². The van der Waals surface area contributed by atoms with E-state index in [1.165, 1.54) is 0 Å². The molecule has 0 saturated carbocycles. The third kappa shape index (κ3) is 5.61. The molecule has 0 fully saturated rings. The Morgan fingerprint density at radius 2 is 1.95 bits per heavy atom. The minimum absolute atomic E-state index is 0.0914. The van der Waals surface area contributed by atoms with Crippen molar-refractivity contribution in [1.82, 2.24) is 5.32 Å². The van der Waals surface area contributed by atoms with Crippen LogP contribution in [-0.2, 0) is 4.79 Å². The van der Waals surface area contributed by atoms with E-state index in [4.69, 9.17) is 10.5 Å². The van der Waals surface area contributed by atoms with Gasteiger partial charge in [0.05, 0.1) is 12.6 Å². The maximum atomic E-state index is 11.8. The van der Waals surface area contributed by atoms with E-state index in [-0.39, 0.29) is 12.0 Å². The second kappa shape index (κ2) is 7.90. The van der Waals surface area contributed by atoms with Crippen LogP contribution in [0.25, 0.3) is 0 Å². The average Bonchev–Trinajstić information content (AvgIpc) is 2.38. The van der Waals surface area contributed by atoms with Crippen LogP contribution in [0.5, 0.6) is 5.75 Å². The summed E-state index contributed by atoms with van der Waals surface area (Å²) in [5, 5.41) is 2.84. The summed E-state index contributed by atoms with van der Waals surface area (Å²) >= 11 is 0. The van der Waals surface area contributed by atoms with Gasteiger partial charge in [0.15, 0.2) is 0 Å². The standard InChI is InChI=1S/C16H26N2O2/c1-11(2)9-14(17)16(19)18-10-13(4)20-15-8-6-5-7-12(15)3/h5-8,11,13-14H,9-10,17H2,1-4H3,(H,18,19)/t13?,14-/m0/s1. The van der Waals surface area contributed by atoms with Crippen LogP contribution in [0.2, 0.25) is 0 Å². The van der Waals surface area contributed by atoms with E-state index in [1.54, 1.807) is 0 Å². The SMILES string of the molecule is Cc1ccccc1OC(C)CNC(=O)[C@@H](N)CC(C)C. The fourth-order valence-electron chi connectivity index (χ4n) is 1.94. The Morgan fingerprint density at radius 1 is 1.30 bits per heavy atom. The zero-order chi connectivity index (χ0) is 15.1. The molecule has 0 heterocycles. The van der Waals surface area contributed by atoms with Gasteiger partial charge in [0.2, 0.25) is 5.91 Å². The number of nitrogens with two attached hydrogens (primary N) is 1. The first kappa shape index (κ1) is 16.5. The molecule has 0 aliphatic carbocycles. The van der Waals surface area contributed by atoms with E-state index in [0.717, 1.165) is 11.3 Å². The molecule has 112 valence electrons. The van der Waals surface area contributed by atoms with Gasteiger partial charge in [0.25, 0.3) is 0 Å². The molecule has 0 bridgehead atoms. The van der Waals surface area contributed by atoms with Gasteiger partial charge in [0, 0.05) is 0 Å². The Hall–Kier alpha value is -1.55. The lowest BCUT2D eigenvalue weighted by Crippen LogP contribution is -2.44. The lowest BCUT2D eigenvalue weighted by molar-refractivity contribution is -0.123. The lowest BCUT2D eigenvalue weighted by Gasteiger charge is -2.19. The quantitative estimate of drug-likeness (QED) is 0.804. The van der Waals surface area contributed by atoms with Gasteiger partial charge in [-0.25, -0.2) is 0 Å². The minimum atomic E-state index is -0.444. The van der Waals surface area contributed by atoms with E-state index in [2.05, 4.69) is 19.2 Å². The zero-order valence-corrected chi connectivity index (χ0v) is 12.8. The molecule has 1 rings (SSSR count). The summed E-state index contributed by atoms with van der Waals surface area (Å²) in [4.78, 5) is 11.8. The molecule has 0 aromatic heterocycles. The van der Waals surface area contributed by atoms with Crippen molar-refractivity contribution in [3.63, 3.8) is 0 Å². The molecule has 1 amide bonds. The van der Waals surface area contributed by atoms with Crippen molar-refractivity contribution in [3.05, 3.63) is 29.8 Å². The number of carbonyl (C=O) groups is 1. The molecule has 0 aliphatic heterocycles. The summed E-state index contributed by atoms with van der Waals surface area (Å²) in [5.41, 5.74) is 6.91. The minimum Gasteiger partial charge on any atom is -0.489 e. The third-order valence-electron chi connectivity index (χ3n) is 3.05. The maximum Gasteiger partial charge on any atom is 0.237 e. The van der Waals surface area contributed by atoms with Crippen molar-refractivity contribution in [1.29, 1.82) is 0 Å². The van der Waals surface area contributed by atoms with Crippen LogP contribution >= 0.6 is 0 Å². The van der Waals surface area contributed by atoms with Gasteiger partial charge >= 0.3 is 0 Å². The molecular formula is C16H26N2O2. The number of nitrogens with one attached hydrogen (secondary N) is 1. The normalized spacial score (nSPS) is 13.9. The summed E-state index contributed by atoms with van der Waals surface area (Å²) in [6.07, 6.45) is 0.602. The van der Waals surface area contributed by atoms with Gasteiger partial charge in [-0.3, -0.25) is 4.79 Å². The van der Waals surface area contributed by atoms with E-state index < -0.39 is 6.04 Å². The first-order valence-electron chi connectivity index (χ1n) is 7.15. The Bertz CT molecular complexity index is 432. The second-order valence-electron chi connectivity index (χ2n) is 5.68. The van der Waals surface area contributed by atoms with Gasteiger partial charge in [-0.2, -0.15) is 0 Å². The van der Waals surface area contributed by atoms with Crippen LogP contribution in [0.3, 0.4) is 0 Å². The zero-order valence-electron chi connectivity index (χ0n) is 12.8. The highest BCUT2D eigenvalue weighted by molar-refractivity contribution is 5.81. The summed E-state index contributed by atoms with van der Waals surface area (Å²) < 4.78 is 5.80. The molecule has 1 aromatic rings. The number of carbonyl (C=O) groups excluding carboxylic acids is 1. The molecule has 0 spiro atoms. The van der Waals surface area contributed by atoms with E-state index >= 15 is 0 Å². The fourth-order valence-corrected chi connectivity index (χ4v) is 1.94. The van der Waals surface area contributed by atoms with Crippen molar-refractivity contribution in [2.75, 3.05) is 6.54 Å². The summed E-state index contributed by atoms with van der Waals surface area (Å²) in [6, 6.07) is 7.39. The molecule has 1 unspecified atom stereocenters. The second-order valence-corrected chi connectivity index (χ2v) is 5.68. The van der Waals surface area contributed by atoms with Crippen LogP contribution in [-0.4, -0.2) is 24.6 Å². The van der Waals surface area contributed by atoms with Gasteiger partial charge in [-0.15, -0.1) is 0 Å². The Labute approximate surface area is 121 Å². The lowest BCUT2D eigenvalue weighted by atomic mass is 10.0. The van der Waals surface area contributed by atoms with Gasteiger partial charge in [-0.1, -0.05) is 32.0 Å². The number of benzene rings is 1. The molecule has 0 aliphatic rings. The van der Waals surface area contributed by atoms with Gasteiger partial charge in [0.1, 0.15) is 11.9 Å². The number of para-hydroxylation sites is 1. The number of hydrogen-bond acceptors (Lipinski definition) is 3. The smallest absolute Gasteiger partial charge is 0.237 e. The van der Waals surface area contributed by atoms with Crippen LogP contribution in [0, 0.1) is 12.8 Å². The fraction of sp³-hybridized carbons (Fsp3) is 0.562. The van der Waals surface area contributed by atoms with Crippen molar-refractivity contribution < 1.29 is 9.53 Å². The van der Waals surface area contributed by atoms with Gasteiger partial charge < -0.3 is 15.8 Å². The summed E-state index contributed by atoms with van der Waals surface area (Å²) in [6.45, 7) is 8.49. The molecule has 0 saturated heterocycles. The summed E-state index contributed by atoms with van der Waals surface area (Å²) in [5.74, 6) is 1.15. The largest absolute Gasteiger partial charge is 0.489 e. The molecule has 0 radical (unpaired) electrons. The molecular weight excluding hydrogens is 252 g/mol. The molecule has 20 heavy (non-hydrogen) atoms.